The minimum absolute atomic E-state index is 0.353. The number of benzene rings is 2. The van der Waals surface area contributed by atoms with Gasteiger partial charge >= 0.3 is 0 Å². The summed E-state index contributed by atoms with van der Waals surface area (Å²) in [5.74, 6) is 0. The highest BCUT2D eigenvalue weighted by molar-refractivity contribution is 5.21. The van der Waals surface area contributed by atoms with Crippen molar-refractivity contribution in [1.29, 1.82) is 0 Å². The smallest absolute Gasteiger partial charge is 0.0864 e. The lowest BCUT2D eigenvalue weighted by molar-refractivity contribution is 0.236. The summed E-state index contributed by atoms with van der Waals surface area (Å²) in [6.45, 7) is 3.17. The molecule has 2 heteroatoms. The highest BCUT2D eigenvalue weighted by Crippen LogP contribution is 2.23. The maximum atomic E-state index is 3.57. The Morgan fingerprint density at radius 1 is 0.944 bits per heavy atom. The SMILES string of the molecule is c1ccc(CN2CCNC2c2ccccc2)cc1. The van der Waals surface area contributed by atoms with E-state index in [1.54, 1.807) is 0 Å². The van der Waals surface area contributed by atoms with Gasteiger partial charge in [0.05, 0.1) is 6.17 Å². The fourth-order valence-corrected chi connectivity index (χ4v) is 2.56. The molecule has 2 aromatic rings. The average Bonchev–Trinajstić information content (AvgIpc) is 2.89. The predicted molar refractivity (Wildman–Crippen MR) is 74.0 cm³/mol. The van der Waals surface area contributed by atoms with Crippen molar-refractivity contribution in [2.45, 2.75) is 12.7 Å². The molecule has 0 amide bonds. The molecule has 0 saturated carbocycles. The molecule has 1 fully saturated rings. The van der Waals surface area contributed by atoms with Gasteiger partial charge < -0.3 is 0 Å². The van der Waals surface area contributed by atoms with E-state index < -0.39 is 0 Å². The first-order valence-electron chi connectivity index (χ1n) is 6.50. The third-order valence-corrected chi connectivity index (χ3v) is 3.45. The van der Waals surface area contributed by atoms with Crippen molar-refractivity contribution in [1.82, 2.24) is 10.2 Å². The largest absolute Gasteiger partial charge is 0.297 e. The zero-order valence-electron chi connectivity index (χ0n) is 10.4. The van der Waals surface area contributed by atoms with Crippen LogP contribution in [0.2, 0.25) is 0 Å². The van der Waals surface area contributed by atoms with Crippen LogP contribution >= 0.6 is 0 Å². The summed E-state index contributed by atoms with van der Waals surface area (Å²) in [4.78, 5) is 2.49. The van der Waals surface area contributed by atoms with Crippen LogP contribution in [0.5, 0.6) is 0 Å². The maximum Gasteiger partial charge on any atom is 0.0864 e. The normalized spacial score (nSPS) is 20.1. The Kier molecular flexibility index (Phi) is 3.40. The van der Waals surface area contributed by atoms with Gasteiger partial charge in [0, 0.05) is 19.6 Å². The molecule has 92 valence electrons. The molecule has 1 aliphatic heterocycles. The third-order valence-electron chi connectivity index (χ3n) is 3.45. The Morgan fingerprint density at radius 2 is 1.61 bits per heavy atom. The van der Waals surface area contributed by atoms with Crippen molar-refractivity contribution in [2.75, 3.05) is 13.1 Å². The molecule has 0 aliphatic carbocycles. The van der Waals surface area contributed by atoms with E-state index in [2.05, 4.69) is 70.9 Å². The van der Waals surface area contributed by atoms with Crippen LogP contribution < -0.4 is 5.32 Å². The van der Waals surface area contributed by atoms with Crippen molar-refractivity contribution in [2.24, 2.45) is 0 Å². The lowest BCUT2D eigenvalue weighted by Crippen LogP contribution is -2.27. The summed E-state index contributed by atoms with van der Waals surface area (Å²) in [5, 5.41) is 3.57. The molecule has 2 nitrogen and oxygen atoms in total. The predicted octanol–water partition coefficient (Wildman–Crippen LogP) is 2.79. The molecule has 1 N–H and O–H groups in total. The first kappa shape index (κ1) is 11.5. The van der Waals surface area contributed by atoms with Crippen LogP contribution in [-0.4, -0.2) is 18.0 Å². The first-order valence-corrected chi connectivity index (χ1v) is 6.50. The highest BCUT2D eigenvalue weighted by atomic mass is 15.3. The molecule has 1 atom stereocenters. The minimum Gasteiger partial charge on any atom is -0.297 e. The maximum absolute atomic E-state index is 3.57. The van der Waals surface area contributed by atoms with Gasteiger partial charge in [-0.3, -0.25) is 10.2 Å². The lowest BCUT2D eigenvalue weighted by Gasteiger charge is -2.24. The number of rotatable bonds is 3. The van der Waals surface area contributed by atoms with Crippen molar-refractivity contribution < 1.29 is 0 Å². The Bertz CT molecular complexity index is 481. The van der Waals surface area contributed by atoms with Crippen LogP contribution in [0.4, 0.5) is 0 Å². The second-order valence-electron chi connectivity index (χ2n) is 4.72. The monoisotopic (exact) mass is 238 g/mol. The zero-order valence-corrected chi connectivity index (χ0v) is 10.4. The number of nitrogens with one attached hydrogen (secondary N) is 1. The summed E-state index contributed by atoms with van der Waals surface area (Å²) < 4.78 is 0. The van der Waals surface area contributed by atoms with Gasteiger partial charge in [0.2, 0.25) is 0 Å². The van der Waals surface area contributed by atoms with Gasteiger partial charge in [0.15, 0.2) is 0 Å². The van der Waals surface area contributed by atoms with E-state index in [1.807, 2.05) is 0 Å². The summed E-state index contributed by atoms with van der Waals surface area (Å²) in [6, 6.07) is 21.3. The molecule has 1 aliphatic rings. The molecule has 0 aromatic heterocycles. The molecule has 1 unspecified atom stereocenters. The molecule has 1 heterocycles. The van der Waals surface area contributed by atoms with Crippen LogP contribution in [0, 0.1) is 0 Å². The fraction of sp³-hybridized carbons (Fsp3) is 0.250. The molecule has 3 rings (SSSR count). The Morgan fingerprint density at radius 3 is 2.33 bits per heavy atom. The van der Waals surface area contributed by atoms with Gasteiger partial charge in [-0.05, 0) is 11.1 Å². The van der Waals surface area contributed by atoms with Crippen LogP contribution in [-0.2, 0) is 6.54 Å². The summed E-state index contributed by atoms with van der Waals surface area (Å²) in [7, 11) is 0. The number of hydrogen-bond acceptors (Lipinski definition) is 2. The van der Waals surface area contributed by atoms with Gasteiger partial charge in [0.25, 0.3) is 0 Å². The Hall–Kier alpha value is -1.64. The van der Waals surface area contributed by atoms with Crippen LogP contribution in [0.3, 0.4) is 0 Å². The van der Waals surface area contributed by atoms with Crippen LogP contribution in [0.1, 0.15) is 17.3 Å². The third kappa shape index (κ3) is 2.45. The van der Waals surface area contributed by atoms with E-state index in [0.717, 1.165) is 19.6 Å². The zero-order chi connectivity index (χ0) is 12.2. The second kappa shape index (κ2) is 5.34. The summed E-state index contributed by atoms with van der Waals surface area (Å²) in [6.07, 6.45) is 0.353. The number of nitrogens with zero attached hydrogens (tertiary/aromatic N) is 1. The minimum atomic E-state index is 0.353. The van der Waals surface area contributed by atoms with Gasteiger partial charge in [-0.2, -0.15) is 0 Å². The summed E-state index contributed by atoms with van der Waals surface area (Å²) in [5.41, 5.74) is 2.73. The molecule has 0 radical (unpaired) electrons. The first-order chi connectivity index (χ1) is 8.93. The van der Waals surface area contributed by atoms with E-state index in [0.29, 0.717) is 6.17 Å². The van der Waals surface area contributed by atoms with Crippen molar-refractivity contribution in [3.63, 3.8) is 0 Å². The van der Waals surface area contributed by atoms with E-state index in [4.69, 9.17) is 0 Å². The molecule has 1 saturated heterocycles. The molecule has 0 bridgehead atoms. The van der Waals surface area contributed by atoms with Crippen molar-refractivity contribution in [3.8, 4) is 0 Å². The van der Waals surface area contributed by atoms with Gasteiger partial charge in [-0.25, -0.2) is 0 Å². The molecule has 0 spiro atoms. The van der Waals surface area contributed by atoms with Crippen molar-refractivity contribution in [3.05, 3.63) is 71.8 Å². The number of hydrogen-bond donors (Lipinski definition) is 1. The topological polar surface area (TPSA) is 15.3 Å². The molecular formula is C16H18N2. The summed E-state index contributed by atoms with van der Waals surface area (Å²) >= 11 is 0. The molecule has 18 heavy (non-hydrogen) atoms. The molecule has 2 aromatic carbocycles. The van der Waals surface area contributed by atoms with Gasteiger partial charge in [0.1, 0.15) is 0 Å². The second-order valence-corrected chi connectivity index (χ2v) is 4.72. The standard InChI is InChI=1S/C16H18N2/c1-3-7-14(8-4-1)13-18-12-11-17-16(18)15-9-5-2-6-10-15/h1-10,16-17H,11-13H2. The fourth-order valence-electron chi connectivity index (χ4n) is 2.56. The van der Waals surface area contributed by atoms with Crippen LogP contribution in [0.25, 0.3) is 0 Å². The quantitative estimate of drug-likeness (QED) is 0.884. The van der Waals surface area contributed by atoms with Crippen LogP contribution in [0.15, 0.2) is 60.7 Å². The van der Waals surface area contributed by atoms with E-state index in [1.165, 1.54) is 11.1 Å². The lowest BCUT2D eigenvalue weighted by atomic mass is 10.1. The van der Waals surface area contributed by atoms with Crippen molar-refractivity contribution >= 4 is 0 Å². The van der Waals surface area contributed by atoms with Gasteiger partial charge in [-0.1, -0.05) is 60.7 Å². The average molecular weight is 238 g/mol. The van der Waals surface area contributed by atoms with E-state index >= 15 is 0 Å². The molecular weight excluding hydrogens is 220 g/mol. The van der Waals surface area contributed by atoms with E-state index in [-0.39, 0.29) is 0 Å². The van der Waals surface area contributed by atoms with Gasteiger partial charge in [-0.15, -0.1) is 0 Å². The van der Waals surface area contributed by atoms with E-state index in [9.17, 15) is 0 Å². The highest BCUT2D eigenvalue weighted by Gasteiger charge is 2.24. The Labute approximate surface area is 108 Å². The Balaban J connectivity index is 1.76.